The Morgan fingerprint density at radius 2 is 1.89 bits per heavy atom. The van der Waals surface area contributed by atoms with E-state index < -0.39 is 6.36 Å². The number of rotatable bonds is 7. The van der Waals surface area contributed by atoms with Crippen LogP contribution in [0.1, 0.15) is 54.3 Å². The molecule has 2 atom stereocenters. The van der Waals surface area contributed by atoms with E-state index in [-0.39, 0.29) is 41.6 Å². The lowest BCUT2D eigenvalue weighted by atomic mass is 9.98. The van der Waals surface area contributed by atoms with Crippen molar-refractivity contribution in [3.63, 3.8) is 0 Å². The van der Waals surface area contributed by atoms with Crippen LogP contribution in [0.3, 0.4) is 0 Å². The number of nitrogens with one attached hydrogen (secondary N) is 1. The van der Waals surface area contributed by atoms with Crippen LogP contribution in [0, 0.1) is 0 Å². The number of carbonyl (C=O) groups excluding carboxylic acids is 1. The minimum atomic E-state index is -4.73. The molecule has 196 valence electrons. The molecule has 3 N–H and O–H groups in total. The highest BCUT2D eigenvalue weighted by Crippen LogP contribution is 2.33. The first kappa shape index (κ1) is 26.0. The van der Waals surface area contributed by atoms with Crippen molar-refractivity contribution in [1.82, 2.24) is 14.9 Å². The molecule has 2 saturated heterocycles. The molecule has 1 aromatic carbocycles. The number of amides is 1. The summed E-state index contributed by atoms with van der Waals surface area (Å²) < 4.78 is 52.5. The summed E-state index contributed by atoms with van der Waals surface area (Å²) in [6.45, 7) is 1.59. The molecule has 0 unspecified atom stereocenters. The van der Waals surface area contributed by atoms with E-state index in [9.17, 15) is 18.0 Å². The number of nitrogens with two attached hydrogens (primary N) is 1. The molecule has 0 aliphatic carbocycles. The molecule has 3 heterocycles. The minimum absolute atomic E-state index is 0.0839. The van der Waals surface area contributed by atoms with Gasteiger partial charge < -0.3 is 30.2 Å². The number of ether oxygens (including phenoxy) is 3. The van der Waals surface area contributed by atoms with Crippen LogP contribution in [0.4, 0.5) is 19.0 Å². The lowest BCUT2D eigenvalue weighted by Gasteiger charge is -2.31. The van der Waals surface area contributed by atoms with Crippen molar-refractivity contribution >= 4 is 11.7 Å². The van der Waals surface area contributed by atoms with Gasteiger partial charge in [0.25, 0.3) is 5.91 Å². The number of hydrogen-bond donors (Lipinski definition) is 2. The zero-order valence-corrected chi connectivity index (χ0v) is 20.0. The van der Waals surface area contributed by atoms with Gasteiger partial charge in [-0.1, -0.05) is 12.1 Å². The quantitative estimate of drug-likeness (QED) is 0.582. The Hall–Kier alpha value is -3.12. The molecule has 0 spiro atoms. The van der Waals surface area contributed by atoms with Gasteiger partial charge in [0.1, 0.15) is 17.3 Å². The molecule has 2 aliphatic rings. The van der Waals surface area contributed by atoms with Crippen LogP contribution < -0.4 is 20.5 Å². The van der Waals surface area contributed by atoms with Crippen LogP contribution in [0.25, 0.3) is 0 Å². The Labute approximate surface area is 207 Å². The number of methoxy groups -OCH3 is 1. The van der Waals surface area contributed by atoms with Gasteiger partial charge in [-0.3, -0.25) is 4.79 Å². The highest BCUT2D eigenvalue weighted by atomic mass is 19.4. The molecular weight excluding hydrogens is 479 g/mol. The van der Waals surface area contributed by atoms with Crippen molar-refractivity contribution in [2.45, 2.75) is 56.7 Å². The monoisotopic (exact) mass is 509 g/mol. The summed E-state index contributed by atoms with van der Waals surface area (Å²) in [5.74, 6) is -0.0217. The molecule has 0 radical (unpaired) electrons. The molecule has 1 aromatic heterocycles. The van der Waals surface area contributed by atoms with E-state index in [1.807, 2.05) is 0 Å². The van der Waals surface area contributed by atoms with Crippen LogP contribution in [0.2, 0.25) is 0 Å². The van der Waals surface area contributed by atoms with Gasteiger partial charge in [-0.05, 0) is 49.8 Å². The number of aromatic nitrogens is 2. The van der Waals surface area contributed by atoms with E-state index in [0.717, 1.165) is 37.7 Å². The van der Waals surface area contributed by atoms with Gasteiger partial charge in [-0.2, -0.15) is 9.97 Å². The smallest absolute Gasteiger partial charge is 0.467 e. The van der Waals surface area contributed by atoms with Crippen molar-refractivity contribution in [2.75, 3.05) is 32.1 Å². The number of likely N-dealkylation sites (tertiary alicyclic amines) is 1. The molecule has 1 amide bonds. The maximum atomic E-state index is 12.9. The average Bonchev–Trinajstić information content (AvgIpc) is 2.87. The number of halogens is 3. The zero-order chi connectivity index (χ0) is 25.7. The summed E-state index contributed by atoms with van der Waals surface area (Å²) in [5.41, 5.74) is 6.96. The SMILES string of the molecule is COc1nc(NC[C@H]2CCC[C@@H](c3ccc(OC(F)(F)F)cc3)O2)cc(C(=O)N2CCC(N)CC2)n1. The Morgan fingerprint density at radius 1 is 1.17 bits per heavy atom. The summed E-state index contributed by atoms with van der Waals surface area (Å²) in [5, 5.41) is 3.21. The standard InChI is InChI=1S/C24H30F3N5O4/c1-34-23-30-19(22(33)32-11-9-16(28)10-12-32)13-21(31-23)29-14-18-3-2-4-20(35-18)15-5-7-17(8-6-15)36-24(25,26)27/h5-8,13,16,18,20H,2-4,9-12,14,28H2,1H3,(H,29,30,31)/t18-,20+/m1/s1. The van der Waals surface area contributed by atoms with Gasteiger partial charge in [-0.15, -0.1) is 13.2 Å². The molecule has 12 heteroatoms. The fourth-order valence-electron chi connectivity index (χ4n) is 4.38. The number of nitrogens with zero attached hydrogens (tertiary/aromatic N) is 3. The van der Waals surface area contributed by atoms with E-state index >= 15 is 0 Å². The third-order valence-corrected chi connectivity index (χ3v) is 6.28. The molecule has 36 heavy (non-hydrogen) atoms. The predicted octanol–water partition coefficient (Wildman–Crippen LogP) is 3.67. The minimum Gasteiger partial charge on any atom is -0.467 e. The molecule has 2 aromatic rings. The van der Waals surface area contributed by atoms with E-state index in [4.69, 9.17) is 15.2 Å². The first-order valence-corrected chi connectivity index (χ1v) is 11.9. The molecule has 9 nitrogen and oxygen atoms in total. The van der Waals surface area contributed by atoms with E-state index in [2.05, 4.69) is 20.0 Å². The van der Waals surface area contributed by atoms with E-state index in [0.29, 0.717) is 25.5 Å². The number of piperidine rings is 1. The fourth-order valence-corrected chi connectivity index (χ4v) is 4.38. The lowest BCUT2D eigenvalue weighted by Crippen LogP contribution is -2.43. The van der Waals surface area contributed by atoms with Crippen LogP contribution in [-0.2, 0) is 4.74 Å². The van der Waals surface area contributed by atoms with E-state index in [1.165, 1.54) is 19.2 Å². The average molecular weight is 510 g/mol. The Bertz CT molecular complexity index is 1030. The third kappa shape index (κ3) is 6.97. The largest absolute Gasteiger partial charge is 0.573 e. The highest BCUT2D eigenvalue weighted by molar-refractivity contribution is 5.93. The lowest BCUT2D eigenvalue weighted by molar-refractivity contribution is -0.274. The first-order valence-electron chi connectivity index (χ1n) is 11.9. The van der Waals surface area contributed by atoms with Gasteiger partial charge in [-0.25, -0.2) is 0 Å². The van der Waals surface area contributed by atoms with Gasteiger partial charge in [0, 0.05) is 31.7 Å². The molecule has 4 rings (SSSR count). The van der Waals surface area contributed by atoms with Crippen molar-refractivity contribution in [3.8, 4) is 11.8 Å². The number of hydrogen-bond acceptors (Lipinski definition) is 8. The maximum Gasteiger partial charge on any atom is 0.573 e. The molecular formula is C24H30F3N5O4. The van der Waals surface area contributed by atoms with Crippen LogP contribution in [0.15, 0.2) is 30.3 Å². The van der Waals surface area contributed by atoms with Gasteiger partial charge in [0.2, 0.25) is 0 Å². The van der Waals surface area contributed by atoms with Gasteiger partial charge in [0.05, 0.1) is 19.3 Å². The fraction of sp³-hybridized carbons (Fsp3) is 0.542. The van der Waals surface area contributed by atoms with Crippen molar-refractivity contribution < 1.29 is 32.2 Å². The highest BCUT2D eigenvalue weighted by Gasteiger charge is 2.31. The van der Waals surface area contributed by atoms with Crippen molar-refractivity contribution in [1.29, 1.82) is 0 Å². The second kappa shape index (κ2) is 11.3. The predicted molar refractivity (Wildman–Crippen MR) is 125 cm³/mol. The molecule has 0 saturated carbocycles. The second-order valence-corrected chi connectivity index (χ2v) is 8.93. The van der Waals surface area contributed by atoms with Crippen LogP contribution in [0.5, 0.6) is 11.8 Å². The topological polar surface area (TPSA) is 112 Å². The second-order valence-electron chi connectivity index (χ2n) is 8.93. The van der Waals surface area contributed by atoms with Gasteiger partial charge in [0.15, 0.2) is 0 Å². The number of anilines is 1. The van der Waals surface area contributed by atoms with Crippen molar-refractivity contribution in [2.24, 2.45) is 5.73 Å². The van der Waals surface area contributed by atoms with Crippen LogP contribution >= 0.6 is 0 Å². The van der Waals surface area contributed by atoms with Crippen molar-refractivity contribution in [3.05, 3.63) is 41.6 Å². The zero-order valence-electron chi connectivity index (χ0n) is 20.0. The molecule has 2 fully saturated rings. The Morgan fingerprint density at radius 3 is 2.56 bits per heavy atom. The van der Waals surface area contributed by atoms with Gasteiger partial charge >= 0.3 is 12.4 Å². The van der Waals surface area contributed by atoms with E-state index in [1.54, 1.807) is 23.1 Å². The normalized spacial score (nSPS) is 21.2. The summed E-state index contributed by atoms with van der Waals surface area (Å²) in [6, 6.07) is 7.53. The molecule has 2 aliphatic heterocycles. The maximum absolute atomic E-state index is 12.9. The number of alkyl halides is 3. The number of benzene rings is 1. The third-order valence-electron chi connectivity index (χ3n) is 6.28. The summed E-state index contributed by atoms with van der Waals surface area (Å²) in [4.78, 5) is 23.2. The van der Waals surface area contributed by atoms with Crippen LogP contribution in [-0.4, -0.2) is 66.0 Å². The summed E-state index contributed by atoms with van der Waals surface area (Å²) in [6.07, 6.45) is -1.17. The first-order chi connectivity index (χ1) is 17.2. The Kier molecular flexibility index (Phi) is 8.14. The Balaban J connectivity index is 1.36. The molecule has 0 bridgehead atoms. The summed E-state index contributed by atoms with van der Waals surface area (Å²) in [7, 11) is 1.44. The summed E-state index contributed by atoms with van der Waals surface area (Å²) >= 11 is 0. The number of carbonyl (C=O) groups is 1.